The molecule has 1 amide bonds. The summed E-state index contributed by atoms with van der Waals surface area (Å²) in [4.78, 5) is 23.9. The third-order valence-corrected chi connectivity index (χ3v) is 3.54. The number of hydrogen-bond acceptors (Lipinski definition) is 3. The van der Waals surface area contributed by atoms with Crippen molar-refractivity contribution < 1.29 is 14.7 Å². The molecule has 104 valence electrons. The molecule has 18 heavy (non-hydrogen) atoms. The molecule has 1 aliphatic heterocycles. The highest BCUT2D eigenvalue weighted by atomic mass is 16.4. The molecule has 0 unspecified atom stereocenters. The Labute approximate surface area is 109 Å². The van der Waals surface area contributed by atoms with Crippen molar-refractivity contribution in [3.63, 3.8) is 0 Å². The minimum atomic E-state index is -0.800. The Morgan fingerprint density at radius 1 is 1.28 bits per heavy atom. The Balaban J connectivity index is 2.12. The Morgan fingerprint density at radius 2 is 1.94 bits per heavy atom. The first-order valence-corrected chi connectivity index (χ1v) is 6.76. The zero-order valence-corrected chi connectivity index (χ0v) is 11.2. The maximum Gasteiger partial charge on any atom is 0.303 e. The molecule has 1 heterocycles. The van der Waals surface area contributed by atoms with Crippen LogP contribution in [-0.2, 0) is 9.59 Å². The second-order valence-electron chi connectivity index (χ2n) is 5.04. The molecule has 0 radical (unpaired) electrons. The molecule has 1 saturated heterocycles. The third kappa shape index (κ3) is 6.00. The van der Waals surface area contributed by atoms with Gasteiger partial charge < -0.3 is 15.3 Å². The third-order valence-electron chi connectivity index (χ3n) is 3.54. The normalized spacial score (nSPS) is 16.5. The molecule has 5 nitrogen and oxygen atoms in total. The average Bonchev–Trinajstić information content (AvgIpc) is 2.36. The highest BCUT2D eigenvalue weighted by Gasteiger charge is 2.16. The number of amides is 1. The number of hydrogen-bond donors (Lipinski definition) is 2. The van der Waals surface area contributed by atoms with Gasteiger partial charge in [-0.3, -0.25) is 9.59 Å². The van der Waals surface area contributed by atoms with Crippen molar-refractivity contribution in [2.24, 2.45) is 5.92 Å². The summed E-state index contributed by atoms with van der Waals surface area (Å²) in [6.45, 7) is 2.66. The molecule has 1 aliphatic rings. The SMILES string of the molecule is CN(CCCC(=O)O)C(=O)CCC1CCNCC1. The number of rotatable bonds is 7. The summed E-state index contributed by atoms with van der Waals surface area (Å²) in [5.41, 5.74) is 0. The Bertz CT molecular complexity index is 275. The first-order chi connectivity index (χ1) is 8.59. The number of nitrogens with one attached hydrogen (secondary N) is 1. The molecule has 5 heteroatoms. The molecule has 2 N–H and O–H groups in total. The van der Waals surface area contributed by atoms with Crippen molar-refractivity contribution in [3.8, 4) is 0 Å². The first kappa shape index (κ1) is 15.0. The highest BCUT2D eigenvalue weighted by molar-refractivity contribution is 5.75. The predicted molar refractivity (Wildman–Crippen MR) is 69.3 cm³/mol. The van der Waals surface area contributed by atoms with E-state index in [4.69, 9.17) is 5.11 Å². The fraction of sp³-hybridized carbons (Fsp3) is 0.846. The maximum atomic E-state index is 11.8. The van der Waals surface area contributed by atoms with Crippen LogP contribution in [0.25, 0.3) is 0 Å². The van der Waals surface area contributed by atoms with E-state index < -0.39 is 5.97 Å². The topological polar surface area (TPSA) is 69.6 Å². The Morgan fingerprint density at radius 3 is 2.56 bits per heavy atom. The van der Waals surface area contributed by atoms with Gasteiger partial charge >= 0.3 is 5.97 Å². The first-order valence-electron chi connectivity index (χ1n) is 6.76. The number of carbonyl (C=O) groups is 2. The number of carboxylic acid groups (broad SMARTS) is 1. The van der Waals surface area contributed by atoms with Gasteiger partial charge in [0.2, 0.25) is 5.91 Å². The minimum Gasteiger partial charge on any atom is -0.481 e. The highest BCUT2D eigenvalue weighted by Crippen LogP contribution is 2.18. The van der Waals surface area contributed by atoms with Crippen molar-refractivity contribution in [1.29, 1.82) is 0 Å². The van der Waals surface area contributed by atoms with Crippen LogP contribution in [0.5, 0.6) is 0 Å². The van der Waals surface area contributed by atoms with Crippen molar-refractivity contribution in [1.82, 2.24) is 10.2 Å². The van der Waals surface area contributed by atoms with Gasteiger partial charge in [-0.1, -0.05) is 0 Å². The lowest BCUT2D eigenvalue weighted by Crippen LogP contribution is -2.31. The standard InChI is InChI=1S/C13H24N2O3/c1-15(10-2-3-13(17)18)12(16)5-4-11-6-8-14-9-7-11/h11,14H,2-10H2,1H3,(H,17,18). The van der Waals surface area contributed by atoms with Crippen LogP contribution in [-0.4, -0.2) is 48.6 Å². The molecule has 0 aliphatic carbocycles. The maximum absolute atomic E-state index is 11.8. The second kappa shape index (κ2) is 8.08. The van der Waals surface area contributed by atoms with E-state index in [1.807, 2.05) is 0 Å². The fourth-order valence-corrected chi connectivity index (χ4v) is 2.28. The molecule has 0 spiro atoms. The van der Waals surface area contributed by atoms with Crippen LogP contribution in [0.15, 0.2) is 0 Å². The van der Waals surface area contributed by atoms with Gasteiger partial charge in [0.15, 0.2) is 0 Å². The summed E-state index contributed by atoms with van der Waals surface area (Å²) in [6.07, 6.45) is 4.54. The number of aliphatic carboxylic acids is 1. The summed E-state index contributed by atoms with van der Waals surface area (Å²) in [5, 5.41) is 11.8. The number of nitrogens with zero attached hydrogens (tertiary/aromatic N) is 1. The van der Waals surface area contributed by atoms with Gasteiger partial charge in [0, 0.05) is 26.4 Å². The Hall–Kier alpha value is -1.10. The van der Waals surface area contributed by atoms with Gasteiger partial charge in [-0.05, 0) is 44.7 Å². The van der Waals surface area contributed by atoms with Crippen LogP contribution < -0.4 is 5.32 Å². The summed E-state index contributed by atoms with van der Waals surface area (Å²) >= 11 is 0. The van der Waals surface area contributed by atoms with E-state index in [1.54, 1.807) is 11.9 Å². The molecular formula is C13H24N2O3. The summed E-state index contributed by atoms with van der Waals surface area (Å²) in [6, 6.07) is 0. The quantitative estimate of drug-likeness (QED) is 0.715. The van der Waals surface area contributed by atoms with Crippen LogP contribution in [0.2, 0.25) is 0 Å². The van der Waals surface area contributed by atoms with Crippen LogP contribution in [0.3, 0.4) is 0 Å². The molecule has 1 rings (SSSR count). The van der Waals surface area contributed by atoms with Crippen molar-refractivity contribution in [3.05, 3.63) is 0 Å². The van der Waals surface area contributed by atoms with Gasteiger partial charge in [-0.15, -0.1) is 0 Å². The molecule has 0 aromatic rings. The van der Waals surface area contributed by atoms with Gasteiger partial charge in [-0.25, -0.2) is 0 Å². The number of carbonyl (C=O) groups excluding carboxylic acids is 1. The van der Waals surface area contributed by atoms with E-state index >= 15 is 0 Å². The van der Waals surface area contributed by atoms with Gasteiger partial charge in [0.25, 0.3) is 0 Å². The van der Waals surface area contributed by atoms with Crippen molar-refractivity contribution >= 4 is 11.9 Å². The molecule has 0 saturated carbocycles. The molecule has 0 atom stereocenters. The molecular weight excluding hydrogens is 232 g/mol. The van der Waals surface area contributed by atoms with Crippen molar-refractivity contribution in [2.75, 3.05) is 26.7 Å². The molecule has 0 aromatic heterocycles. The average molecular weight is 256 g/mol. The van der Waals surface area contributed by atoms with Gasteiger partial charge in [0.1, 0.15) is 0 Å². The predicted octanol–water partition coefficient (Wildman–Crippen LogP) is 1.09. The zero-order valence-electron chi connectivity index (χ0n) is 11.2. The van der Waals surface area contributed by atoms with Crippen molar-refractivity contribution in [2.45, 2.75) is 38.5 Å². The van der Waals surface area contributed by atoms with E-state index in [0.29, 0.717) is 25.3 Å². The largest absolute Gasteiger partial charge is 0.481 e. The van der Waals surface area contributed by atoms with E-state index in [2.05, 4.69) is 5.32 Å². The van der Waals surface area contributed by atoms with E-state index in [-0.39, 0.29) is 12.3 Å². The lowest BCUT2D eigenvalue weighted by atomic mass is 9.93. The van der Waals surface area contributed by atoms with E-state index in [0.717, 1.165) is 32.4 Å². The molecule has 1 fully saturated rings. The molecule has 0 aromatic carbocycles. The summed E-state index contributed by atoms with van der Waals surface area (Å²) in [5.74, 6) is 0.00657. The monoisotopic (exact) mass is 256 g/mol. The second-order valence-corrected chi connectivity index (χ2v) is 5.04. The lowest BCUT2D eigenvalue weighted by molar-refractivity contribution is -0.138. The fourth-order valence-electron chi connectivity index (χ4n) is 2.28. The van der Waals surface area contributed by atoms with Crippen LogP contribution >= 0.6 is 0 Å². The smallest absolute Gasteiger partial charge is 0.303 e. The summed E-state index contributed by atoms with van der Waals surface area (Å²) in [7, 11) is 1.76. The van der Waals surface area contributed by atoms with Crippen LogP contribution in [0, 0.1) is 5.92 Å². The van der Waals surface area contributed by atoms with Crippen LogP contribution in [0.1, 0.15) is 38.5 Å². The number of carboxylic acids is 1. The summed E-state index contributed by atoms with van der Waals surface area (Å²) < 4.78 is 0. The van der Waals surface area contributed by atoms with E-state index in [1.165, 1.54) is 0 Å². The van der Waals surface area contributed by atoms with Gasteiger partial charge in [-0.2, -0.15) is 0 Å². The van der Waals surface area contributed by atoms with E-state index in [9.17, 15) is 9.59 Å². The lowest BCUT2D eigenvalue weighted by Gasteiger charge is -2.23. The molecule has 0 bridgehead atoms. The van der Waals surface area contributed by atoms with Gasteiger partial charge in [0.05, 0.1) is 0 Å². The van der Waals surface area contributed by atoms with Crippen LogP contribution in [0.4, 0.5) is 0 Å². The zero-order chi connectivity index (χ0) is 13.4. The minimum absolute atomic E-state index is 0.131. The number of piperidine rings is 1. The Kier molecular flexibility index (Phi) is 6.72.